The zero-order valence-electron chi connectivity index (χ0n) is 13.4. The minimum Gasteiger partial charge on any atom is -0.368 e. The van der Waals surface area contributed by atoms with Crippen molar-refractivity contribution >= 4 is 37.3 Å². The molecular weight excluding hydrogens is 430 g/mol. The Morgan fingerprint density at radius 1 is 1.30 bits per heavy atom. The van der Waals surface area contributed by atoms with Crippen molar-refractivity contribution in [1.29, 1.82) is 0 Å². The van der Waals surface area contributed by atoms with Gasteiger partial charge in [-0.05, 0) is 25.0 Å². The second-order valence-corrected chi connectivity index (χ2v) is 9.01. The van der Waals surface area contributed by atoms with E-state index in [1.807, 2.05) is 0 Å². The van der Waals surface area contributed by atoms with E-state index in [0.29, 0.717) is 0 Å². The third kappa shape index (κ3) is 5.23. The van der Waals surface area contributed by atoms with Gasteiger partial charge in [-0.3, -0.25) is 0 Å². The van der Waals surface area contributed by atoms with Gasteiger partial charge in [-0.1, -0.05) is 11.6 Å². The van der Waals surface area contributed by atoms with Gasteiger partial charge in [0.1, 0.15) is 9.79 Å². The van der Waals surface area contributed by atoms with Crippen LogP contribution in [-0.2, 0) is 29.7 Å². The lowest BCUT2D eigenvalue weighted by Crippen LogP contribution is -2.45. The Bertz CT molecular complexity index is 938. The third-order valence-corrected chi connectivity index (χ3v) is 6.43. The monoisotopic (exact) mass is 443 g/mol. The van der Waals surface area contributed by atoms with E-state index in [0.717, 1.165) is 12.1 Å². The number of fused-ring (bicyclic) bond motifs is 1. The lowest BCUT2D eigenvalue weighted by Gasteiger charge is -2.29. The Hall–Kier alpha value is -2.07. The normalized spacial score (nSPS) is 19.3. The van der Waals surface area contributed by atoms with E-state index in [1.54, 1.807) is 0 Å². The first-order chi connectivity index (χ1) is 12.6. The zero-order valence-corrected chi connectivity index (χ0v) is 15.8. The van der Waals surface area contributed by atoms with Gasteiger partial charge in [0.25, 0.3) is 0 Å². The number of nitrogens with one attached hydrogen (secondary N) is 2. The van der Waals surface area contributed by atoms with Crippen LogP contribution in [0.4, 0.5) is 5.69 Å². The number of hydrogen-bond acceptors (Lipinski definition) is 11. The smallest absolute Gasteiger partial charge is 0.244 e. The molecule has 0 amide bonds. The predicted octanol–water partition coefficient (Wildman–Crippen LogP) is 0.562. The Kier molecular flexibility index (Phi) is 6.53. The number of primary sulfonamides is 1. The van der Waals surface area contributed by atoms with Crippen LogP contribution in [0.3, 0.4) is 0 Å². The average Bonchev–Trinajstić information content (AvgIpc) is 2.55. The van der Waals surface area contributed by atoms with Crippen molar-refractivity contribution in [3.63, 3.8) is 0 Å². The van der Waals surface area contributed by atoms with Crippen LogP contribution in [0, 0.1) is 9.81 Å². The molecule has 1 aromatic carbocycles. The molecule has 0 saturated carbocycles. The number of halogens is 1. The number of nitrogens with two attached hydrogens (primary N) is 1. The second kappa shape index (κ2) is 8.30. The summed E-state index contributed by atoms with van der Waals surface area (Å²) in [5, 5.41) is 12.0. The first-order valence-corrected chi connectivity index (χ1v) is 10.6. The largest absolute Gasteiger partial charge is 0.368 e. The summed E-state index contributed by atoms with van der Waals surface area (Å²) in [5.41, 5.74) is 0.0629. The fraction of sp³-hybridized carbons (Fsp3) is 0.455. The van der Waals surface area contributed by atoms with Crippen molar-refractivity contribution in [3.05, 3.63) is 27.0 Å². The van der Waals surface area contributed by atoms with Gasteiger partial charge in [0.05, 0.1) is 16.9 Å². The Morgan fingerprint density at radius 3 is 2.59 bits per heavy atom. The summed E-state index contributed by atoms with van der Waals surface area (Å²) in [7, 11) is -8.31. The van der Waals surface area contributed by atoms with Crippen LogP contribution in [0.1, 0.15) is 12.8 Å². The molecule has 0 spiro atoms. The molecule has 2 rings (SSSR count). The number of nitrogens with zero attached hydrogens (tertiary/aromatic N) is 2. The molecule has 4 N–H and O–H groups in total. The fourth-order valence-electron chi connectivity index (χ4n) is 2.38. The number of rotatable bonds is 9. The Morgan fingerprint density at radius 2 is 2.00 bits per heavy atom. The van der Waals surface area contributed by atoms with Crippen LogP contribution < -0.4 is 15.2 Å². The van der Waals surface area contributed by atoms with Gasteiger partial charge in [-0.25, -0.2) is 22.0 Å². The summed E-state index contributed by atoms with van der Waals surface area (Å²) in [5.74, 6) is 0. The predicted molar refractivity (Wildman–Crippen MR) is 92.2 cm³/mol. The quantitative estimate of drug-likeness (QED) is 0.360. The third-order valence-electron chi connectivity index (χ3n) is 3.54. The van der Waals surface area contributed by atoms with Crippen molar-refractivity contribution in [2.75, 3.05) is 11.9 Å². The molecule has 0 aromatic heterocycles. The van der Waals surface area contributed by atoms with Gasteiger partial charge in [0.2, 0.25) is 20.0 Å². The first-order valence-electron chi connectivity index (χ1n) is 7.17. The van der Waals surface area contributed by atoms with Crippen LogP contribution in [0.25, 0.3) is 0 Å². The molecule has 2 unspecified atom stereocenters. The van der Waals surface area contributed by atoms with Crippen molar-refractivity contribution in [3.8, 4) is 0 Å². The summed E-state index contributed by atoms with van der Waals surface area (Å²) in [6.07, 6.45) is -1.61. The van der Waals surface area contributed by atoms with Crippen LogP contribution in [0.5, 0.6) is 0 Å². The fourth-order valence-corrected chi connectivity index (χ4v) is 4.91. The molecule has 16 heteroatoms. The van der Waals surface area contributed by atoms with Gasteiger partial charge in [0, 0.05) is 0 Å². The van der Waals surface area contributed by atoms with E-state index < -0.39 is 37.2 Å². The minimum atomic E-state index is -4.22. The molecule has 1 aromatic rings. The lowest BCUT2D eigenvalue weighted by atomic mass is 10.1. The van der Waals surface area contributed by atoms with Gasteiger partial charge >= 0.3 is 0 Å². The highest BCUT2D eigenvalue weighted by Crippen LogP contribution is 2.34. The maximum Gasteiger partial charge on any atom is 0.244 e. The molecule has 0 fully saturated rings. The van der Waals surface area contributed by atoms with Gasteiger partial charge in [0.15, 0.2) is 23.4 Å². The molecule has 13 nitrogen and oxygen atoms in total. The molecular formula is C11H14ClN5O8S2. The van der Waals surface area contributed by atoms with Crippen molar-refractivity contribution in [2.24, 2.45) is 15.8 Å². The average molecular weight is 444 g/mol. The van der Waals surface area contributed by atoms with Crippen LogP contribution >= 0.6 is 11.6 Å². The Labute approximate surface area is 158 Å². The minimum absolute atomic E-state index is 0.0629. The Balaban J connectivity index is 2.22. The van der Waals surface area contributed by atoms with Crippen molar-refractivity contribution in [1.82, 2.24) is 4.72 Å². The maximum absolute atomic E-state index is 12.4. The molecule has 2 atom stereocenters. The van der Waals surface area contributed by atoms with Crippen LogP contribution in [-0.4, -0.2) is 35.7 Å². The summed E-state index contributed by atoms with van der Waals surface area (Å²) in [6.45, 7) is -0.352. The summed E-state index contributed by atoms with van der Waals surface area (Å²) in [6, 6.07) is 1.98. The molecule has 0 aliphatic carbocycles. The molecule has 0 saturated heterocycles. The highest BCUT2D eigenvalue weighted by Gasteiger charge is 2.32. The van der Waals surface area contributed by atoms with E-state index in [4.69, 9.17) is 16.7 Å². The topological polar surface area (TPSA) is 196 Å². The molecule has 1 aliphatic rings. The van der Waals surface area contributed by atoms with E-state index in [-0.39, 0.29) is 35.1 Å². The number of sulfonamides is 2. The molecule has 0 bridgehead atoms. The van der Waals surface area contributed by atoms with Crippen LogP contribution in [0.2, 0.25) is 5.02 Å². The first kappa shape index (κ1) is 21.2. The second-order valence-electron chi connectivity index (χ2n) is 5.39. The summed E-state index contributed by atoms with van der Waals surface area (Å²) in [4.78, 5) is 28.0. The number of anilines is 1. The molecule has 0 radical (unpaired) electrons. The number of benzene rings is 1. The van der Waals surface area contributed by atoms with Gasteiger partial charge in [-0.15, -0.1) is 9.81 Å². The standard InChI is InChI=1S/C11H14ClN5O8S2/c12-7-3-8-10(4-9(7)26(13,20)21)27(22,23)15-11(14-8)2-1-6(25-17-19)5-24-16-18/h3-4,6,11,14-15H,1-2,5H2,(H2,13,20,21). The van der Waals surface area contributed by atoms with E-state index in [9.17, 15) is 26.6 Å². The van der Waals surface area contributed by atoms with Gasteiger partial charge in [-0.2, -0.15) is 4.72 Å². The molecule has 1 aliphatic heterocycles. The van der Waals surface area contributed by atoms with E-state index >= 15 is 0 Å². The SMILES string of the molecule is NS(=O)(=O)c1cc2c(cc1Cl)NC(CCC(CON=O)ON=O)NS2(=O)=O. The highest BCUT2D eigenvalue weighted by molar-refractivity contribution is 7.90. The number of hydrogen-bond donors (Lipinski definition) is 3. The lowest BCUT2D eigenvalue weighted by molar-refractivity contribution is -0.0218. The summed E-state index contributed by atoms with van der Waals surface area (Å²) >= 11 is 5.87. The van der Waals surface area contributed by atoms with E-state index in [1.165, 1.54) is 0 Å². The molecule has 1 heterocycles. The molecule has 150 valence electrons. The van der Waals surface area contributed by atoms with Gasteiger partial charge < -0.3 is 15.0 Å². The van der Waals surface area contributed by atoms with Crippen molar-refractivity contribution in [2.45, 2.75) is 34.9 Å². The summed E-state index contributed by atoms with van der Waals surface area (Å²) < 4.78 is 50.1. The molecule has 27 heavy (non-hydrogen) atoms. The van der Waals surface area contributed by atoms with E-state index in [2.05, 4.69) is 30.4 Å². The highest BCUT2D eigenvalue weighted by atomic mass is 35.5. The zero-order chi connectivity index (χ0) is 20.2. The maximum atomic E-state index is 12.4. The van der Waals surface area contributed by atoms with Crippen LogP contribution in [0.15, 0.2) is 32.6 Å². The van der Waals surface area contributed by atoms with Crippen molar-refractivity contribution < 1.29 is 26.5 Å².